The monoisotopic (exact) mass is 354 g/mol. The molecule has 0 atom stereocenters. The molecular formula is C18H18N4O4. The molecule has 2 aromatic rings. The number of hydrogen-bond acceptors (Lipinski definition) is 5. The second-order valence-electron chi connectivity index (χ2n) is 5.65. The maximum absolute atomic E-state index is 12.0. The number of hydrogen-bond donors (Lipinski definition) is 2. The van der Waals surface area contributed by atoms with Gasteiger partial charge in [0, 0.05) is 17.3 Å². The Morgan fingerprint density at radius 2 is 1.77 bits per heavy atom. The second-order valence-corrected chi connectivity index (χ2v) is 5.65. The summed E-state index contributed by atoms with van der Waals surface area (Å²) in [6.45, 7) is 3.49. The Kier molecular flexibility index (Phi) is 6.15. The molecule has 2 rings (SSSR count). The van der Waals surface area contributed by atoms with E-state index in [1.54, 1.807) is 25.1 Å². The van der Waals surface area contributed by atoms with E-state index in [0.717, 1.165) is 5.56 Å². The number of carbonyl (C=O) groups is 2. The number of rotatable bonds is 6. The minimum atomic E-state index is -0.571. The predicted molar refractivity (Wildman–Crippen MR) is 98.1 cm³/mol. The fourth-order valence-corrected chi connectivity index (χ4v) is 2.12. The molecule has 0 radical (unpaired) electrons. The van der Waals surface area contributed by atoms with Gasteiger partial charge in [-0.1, -0.05) is 29.8 Å². The largest absolute Gasteiger partial charge is 0.320 e. The van der Waals surface area contributed by atoms with Crippen molar-refractivity contribution in [3.63, 3.8) is 0 Å². The summed E-state index contributed by atoms with van der Waals surface area (Å²) < 4.78 is 0. The van der Waals surface area contributed by atoms with Crippen LogP contribution in [0.15, 0.2) is 53.6 Å². The molecule has 0 fully saturated rings. The van der Waals surface area contributed by atoms with E-state index in [1.807, 2.05) is 19.1 Å². The van der Waals surface area contributed by atoms with E-state index in [2.05, 4.69) is 15.8 Å². The molecule has 0 saturated heterocycles. The maximum Gasteiger partial charge on any atom is 0.292 e. The lowest BCUT2D eigenvalue weighted by molar-refractivity contribution is -0.383. The highest BCUT2D eigenvalue weighted by molar-refractivity contribution is 6.06. The number of aryl methyl sites for hydroxylation is 1. The van der Waals surface area contributed by atoms with Gasteiger partial charge < -0.3 is 5.32 Å². The molecule has 0 aromatic heterocycles. The number of nitro benzene ring substituents is 1. The Bertz CT molecular complexity index is 860. The molecule has 0 unspecified atom stereocenters. The zero-order valence-electron chi connectivity index (χ0n) is 14.4. The molecule has 0 bridgehead atoms. The molecule has 134 valence electrons. The van der Waals surface area contributed by atoms with Gasteiger partial charge >= 0.3 is 0 Å². The zero-order valence-corrected chi connectivity index (χ0v) is 14.4. The van der Waals surface area contributed by atoms with E-state index >= 15 is 0 Å². The van der Waals surface area contributed by atoms with Gasteiger partial charge in [-0.2, -0.15) is 5.10 Å². The highest BCUT2D eigenvalue weighted by Crippen LogP contribution is 2.23. The Morgan fingerprint density at radius 3 is 2.42 bits per heavy atom. The molecule has 8 nitrogen and oxygen atoms in total. The lowest BCUT2D eigenvalue weighted by Crippen LogP contribution is -2.21. The summed E-state index contributed by atoms with van der Waals surface area (Å²) in [5.74, 6) is -0.853. The van der Waals surface area contributed by atoms with Gasteiger partial charge in [-0.25, -0.2) is 5.43 Å². The van der Waals surface area contributed by atoms with Gasteiger partial charge in [-0.15, -0.1) is 0 Å². The quantitative estimate of drug-likeness (QED) is 0.471. The van der Waals surface area contributed by atoms with Crippen molar-refractivity contribution in [2.75, 3.05) is 5.32 Å². The molecule has 0 aliphatic rings. The molecule has 2 amide bonds. The number of nitrogens with zero attached hydrogens (tertiary/aromatic N) is 2. The highest BCUT2D eigenvalue weighted by Gasteiger charge is 2.15. The lowest BCUT2D eigenvalue weighted by atomic mass is 10.1. The number of para-hydroxylation sites is 2. The third-order valence-electron chi connectivity index (χ3n) is 3.45. The fraction of sp³-hybridized carbons (Fsp3) is 0.167. The van der Waals surface area contributed by atoms with Crippen LogP contribution in [0.1, 0.15) is 29.3 Å². The van der Waals surface area contributed by atoms with Crippen molar-refractivity contribution in [2.45, 2.75) is 20.3 Å². The van der Waals surface area contributed by atoms with Crippen LogP contribution in [0.25, 0.3) is 0 Å². The Hall–Kier alpha value is -3.55. The first-order valence-corrected chi connectivity index (χ1v) is 7.80. The Morgan fingerprint density at radius 1 is 1.12 bits per heavy atom. The minimum absolute atomic E-state index is 0.110. The first-order chi connectivity index (χ1) is 12.4. The van der Waals surface area contributed by atoms with E-state index < -0.39 is 10.8 Å². The van der Waals surface area contributed by atoms with Crippen LogP contribution in [-0.2, 0) is 4.79 Å². The van der Waals surface area contributed by atoms with Crippen LogP contribution in [0.2, 0.25) is 0 Å². The summed E-state index contributed by atoms with van der Waals surface area (Å²) >= 11 is 0. The van der Waals surface area contributed by atoms with Crippen LogP contribution in [0.4, 0.5) is 11.4 Å². The first kappa shape index (κ1) is 18.8. The van der Waals surface area contributed by atoms with Gasteiger partial charge in [0.1, 0.15) is 5.69 Å². The summed E-state index contributed by atoms with van der Waals surface area (Å²) in [7, 11) is 0. The molecule has 8 heteroatoms. The van der Waals surface area contributed by atoms with Gasteiger partial charge in [0.2, 0.25) is 5.91 Å². The van der Waals surface area contributed by atoms with Crippen molar-refractivity contribution < 1.29 is 14.5 Å². The molecule has 0 aliphatic carbocycles. The van der Waals surface area contributed by atoms with Gasteiger partial charge in [-0.3, -0.25) is 19.7 Å². The lowest BCUT2D eigenvalue weighted by Gasteiger charge is -2.06. The van der Waals surface area contributed by atoms with E-state index in [0.29, 0.717) is 11.3 Å². The van der Waals surface area contributed by atoms with Crippen LogP contribution >= 0.6 is 0 Å². The second kappa shape index (κ2) is 8.52. The smallest absolute Gasteiger partial charge is 0.292 e. The molecule has 0 heterocycles. The molecule has 2 aromatic carbocycles. The SMILES string of the molecule is C/C(CC(=O)Nc1ccccc1[N+](=O)[O-])=N/NC(=O)c1ccc(C)cc1. The van der Waals surface area contributed by atoms with Crippen LogP contribution in [0, 0.1) is 17.0 Å². The molecule has 0 spiro atoms. The van der Waals surface area contributed by atoms with Gasteiger partial charge in [-0.05, 0) is 32.0 Å². The van der Waals surface area contributed by atoms with Crippen LogP contribution in [0.3, 0.4) is 0 Å². The normalized spacial score (nSPS) is 10.9. The first-order valence-electron chi connectivity index (χ1n) is 7.80. The van der Waals surface area contributed by atoms with Crippen molar-refractivity contribution in [1.29, 1.82) is 0 Å². The number of nitrogens with one attached hydrogen (secondary N) is 2. The third kappa shape index (κ3) is 5.23. The number of anilines is 1. The average Bonchev–Trinajstić information content (AvgIpc) is 2.60. The molecule has 2 N–H and O–H groups in total. The van der Waals surface area contributed by atoms with Crippen molar-refractivity contribution in [1.82, 2.24) is 5.43 Å². The zero-order chi connectivity index (χ0) is 19.1. The Balaban J connectivity index is 1.94. The third-order valence-corrected chi connectivity index (χ3v) is 3.45. The number of amides is 2. The van der Waals surface area contributed by atoms with Gasteiger partial charge in [0.05, 0.1) is 11.3 Å². The molecule has 0 aliphatic heterocycles. The summed E-state index contributed by atoms with van der Waals surface area (Å²) in [6.07, 6.45) is -0.111. The van der Waals surface area contributed by atoms with Crippen LogP contribution < -0.4 is 10.7 Å². The summed E-state index contributed by atoms with van der Waals surface area (Å²) in [5.41, 5.74) is 4.15. The van der Waals surface area contributed by atoms with Gasteiger partial charge in [0.25, 0.3) is 11.6 Å². The number of nitro groups is 1. The topological polar surface area (TPSA) is 114 Å². The molecule has 0 saturated carbocycles. The van der Waals surface area contributed by atoms with E-state index in [4.69, 9.17) is 0 Å². The van der Waals surface area contributed by atoms with Crippen molar-refractivity contribution in [3.8, 4) is 0 Å². The number of benzene rings is 2. The molecule has 26 heavy (non-hydrogen) atoms. The summed E-state index contributed by atoms with van der Waals surface area (Å²) in [6, 6.07) is 12.8. The highest BCUT2D eigenvalue weighted by atomic mass is 16.6. The molecular weight excluding hydrogens is 336 g/mol. The van der Waals surface area contributed by atoms with Crippen LogP contribution in [0.5, 0.6) is 0 Å². The van der Waals surface area contributed by atoms with E-state index in [-0.39, 0.29) is 23.7 Å². The Labute approximate surface area is 150 Å². The summed E-state index contributed by atoms with van der Waals surface area (Å²) in [4.78, 5) is 34.4. The number of hydrazone groups is 1. The van der Waals surface area contributed by atoms with Crippen molar-refractivity contribution in [3.05, 3.63) is 69.8 Å². The van der Waals surface area contributed by atoms with E-state index in [9.17, 15) is 19.7 Å². The van der Waals surface area contributed by atoms with Gasteiger partial charge in [0.15, 0.2) is 0 Å². The van der Waals surface area contributed by atoms with Crippen LogP contribution in [-0.4, -0.2) is 22.4 Å². The fourth-order valence-electron chi connectivity index (χ4n) is 2.12. The summed E-state index contributed by atoms with van der Waals surface area (Å²) in [5, 5.41) is 17.3. The standard InChI is InChI=1S/C18H18N4O4/c1-12-7-9-14(10-8-12)18(24)21-20-13(2)11-17(23)19-15-5-3-4-6-16(15)22(25)26/h3-10H,11H2,1-2H3,(H,19,23)(H,21,24)/b20-13-. The van der Waals surface area contributed by atoms with E-state index in [1.165, 1.54) is 18.2 Å². The van der Waals surface area contributed by atoms with Crippen molar-refractivity contribution >= 4 is 28.9 Å². The predicted octanol–water partition coefficient (Wildman–Crippen LogP) is 3.04. The number of carbonyl (C=O) groups excluding carboxylic acids is 2. The van der Waals surface area contributed by atoms with Crippen molar-refractivity contribution in [2.24, 2.45) is 5.10 Å². The minimum Gasteiger partial charge on any atom is -0.320 e. The maximum atomic E-state index is 12.0. The average molecular weight is 354 g/mol.